The summed E-state index contributed by atoms with van der Waals surface area (Å²) in [6, 6.07) is 5.33. The summed E-state index contributed by atoms with van der Waals surface area (Å²) < 4.78 is 0. The van der Waals surface area contributed by atoms with Gasteiger partial charge in [-0.25, -0.2) is 9.97 Å². The number of nitrogens with zero attached hydrogens (tertiary/aromatic N) is 3. The number of likely N-dealkylation sites (tertiary alicyclic amines) is 1. The number of nitrogens with one attached hydrogen (secondary N) is 2. The van der Waals surface area contributed by atoms with Gasteiger partial charge in [-0.2, -0.15) is 0 Å². The Morgan fingerprint density at radius 3 is 2.79 bits per heavy atom. The van der Waals surface area contributed by atoms with Gasteiger partial charge in [-0.3, -0.25) is 9.59 Å². The van der Waals surface area contributed by atoms with E-state index < -0.39 is 0 Å². The Balaban J connectivity index is 1.68. The van der Waals surface area contributed by atoms with Gasteiger partial charge >= 0.3 is 0 Å². The molecule has 0 aliphatic carbocycles. The molecule has 1 aromatic carbocycles. The second-order valence-electron chi connectivity index (χ2n) is 7.02. The minimum atomic E-state index is -0.284. The number of rotatable bonds is 7. The summed E-state index contributed by atoms with van der Waals surface area (Å²) in [6.45, 7) is 5.37. The average Bonchev–Trinajstić information content (AvgIpc) is 3.19. The monoisotopic (exact) mass is 413 g/mol. The van der Waals surface area contributed by atoms with Crippen LogP contribution in [0.25, 0.3) is 0 Å². The minimum absolute atomic E-state index is 0.0107. The number of hydrogen-bond donors (Lipinski definition) is 2. The Kier molecular flexibility index (Phi) is 6.95. The van der Waals surface area contributed by atoms with Crippen molar-refractivity contribution < 1.29 is 9.59 Å². The average molecular weight is 414 g/mol. The predicted molar refractivity (Wildman–Crippen MR) is 113 cm³/mol. The summed E-state index contributed by atoms with van der Waals surface area (Å²) in [4.78, 5) is 35.0. The molecule has 3 rings (SSSR count). The van der Waals surface area contributed by atoms with Gasteiger partial charge in [-0.1, -0.05) is 18.2 Å². The maximum absolute atomic E-state index is 13.0. The van der Waals surface area contributed by atoms with Gasteiger partial charge in [0.1, 0.15) is 5.82 Å². The van der Waals surface area contributed by atoms with Gasteiger partial charge in [-0.05, 0) is 49.2 Å². The number of benzene rings is 1. The van der Waals surface area contributed by atoms with E-state index in [4.69, 9.17) is 11.6 Å². The molecule has 0 radical (unpaired) electrons. The zero-order chi connectivity index (χ0) is 20.8. The van der Waals surface area contributed by atoms with Crippen molar-refractivity contribution in [3.63, 3.8) is 0 Å². The highest BCUT2D eigenvalue weighted by atomic mass is 35.5. The van der Waals surface area contributed by atoms with Crippen LogP contribution >= 0.6 is 11.6 Å². The lowest BCUT2D eigenvalue weighted by molar-refractivity contribution is -0.111. The molecule has 8 heteroatoms. The van der Waals surface area contributed by atoms with E-state index in [1.807, 2.05) is 18.0 Å². The van der Waals surface area contributed by atoms with Crippen LogP contribution in [0.2, 0.25) is 5.02 Å². The molecular formula is C21H24ClN5O2. The number of anilines is 1. The SMILES string of the molecule is C=CC(=O)Nc1ccc(C(=O)N2CC[C@@H](Cc3ncc(Cl)cn3)C2)cc1CNC. The van der Waals surface area contributed by atoms with Gasteiger partial charge in [0.15, 0.2) is 0 Å². The topological polar surface area (TPSA) is 87.2 Å². The molecule has 0 spiro atoms. The second kappa shape index (κ2) is 9.62. The van der Waals surface area contributed by atoms with Crippen molar-refractivity contribution in [3.8, 4) is 0 Å². The Bertz CT molecular complexity index is 900. The molecule has 1 aromatic heterocycles. The van der Waals surface area contributed by atoms with Crippen LogP contribution in [0.5, 0.6) is 0 Å². The molecule has 1 aliphatic rings. The first-order valence-electron chi connectivity index (χ1n) is 9.46. The number of carbonyl (C=O) groups is 2. The fourth-order valence-electron chi connectivity index (χ4n) is 3.44. The van der Waals surface area contributed by atoms with Gasteiger partial charge in [0, 0.05) is 49.7 Å². The Morgan fingerprint density at radius 1 is 1.34 bits per heavy atom. The number of carbonyl (C=O) groups excluding carboxylic acids is 2. The summed E-state index contributed by atoms with van der Waals surface area (Å²) in [6.07, 6.45) is 6.04. The molecule has 0 bridgehead atoms. The standard InChI is InChI=1S/C21H24ClN5O2/c1-3-20(28)26-18-5-4-15(9-16(18)10-23-2)21(29)27-7-6-14(13-27)8-19-24-11-17(22)12-25-19/h3-5,9,11-12,14,23H,1,6-8,10,13H2,2H3,(H,26,28)/t14-/m0/s1. The Labute approximate surface area is 175 Å². The third kappa shape index (κ3) is 5.40. The zero-order valence-corrected chi connectivity index (χ0v) is 17.1. The number of hydrogen-bond acceptors (Lipinski definition) is 5. The van der Waals surface area contributed by atoms with Crippen LogP contribution < -0.4 is 10.6 Å². The molecule has 2 amide bonds. The lowest BCUT2D eigenvalue weighted by Crippen LogP contribution is -2.29. The fourth-order valence-corrected chi connectivity index (χ4v) is 3.54. The molecule has 1 atom stereocenters. The highest BCUT2D eigenvalue weighted by Crippen LogP contribution is 2.24. The fraction of sp³-hybridized carbons (Fsp3) is 0.333. The van der Waals surface area contributed by atoms with Crippen LogP contribution in [0, 0.1) is 5.92 Å². The first-order chi connectivity index (χ1) is 14.0. The van der Waals surface area contributed by atoms with Crippen molar-refractivity contribution >= 4 is 29.1 Å². The Morgan fingerprint density at radius 2 is 2.10 bits per heavy atom. The van der Waals surface area contributed by atoms with Gasteiger partial charge in [0.2, 0.25) is 5.91 Å². The smallest absolute Gasteiger partial charge is 0.253 e. The van der Waals surface area contributed by atoms with Gasteiger partial charge in [0.05, 0.1) is 5.02 Å². The summed E-state index contributed by atoms with van der Waals surface area (Å²) in [5.74, 6) is 0.770. The van der Waals surface area contributed by atoms with Crippen molar-refractivity contribution in [2.24, 2.45) is 5.92 Å². The van der Waals surface area contributed by atoms with E-state index in [0.717, 1.165) is 24.2 Å². The number of amides is 2. The summed E-state index contributed by atoms with van der Waals surface area (Å²) in [5.41, 5.74) is 2.12. The van der Waals surface area contributed by atoms with E-state index in [2.05, 4.69) is 27.2 Å². The Hall–Kier alpha value is -2.77. The predicted octanol–water partition coefficient (Wildman–Crippen LogP) is 2.68. The van der Waals surface area contributed by atoms with E-state index in [-0.39, 0.29) is 11.8 Å². The third-order valence-corrected chi connectivity index (χ3v) is 5.08. The quantitative estimate of drug-likeness (QED) is 0.681. The molecule has 7 nitrogen and oxygen atoms in total. The van der Waals surface area contributed by atoms with Gasteiger partial charge < -0.3 is 15.5 Å². The maximum atomic E-state index is 13.0. The van der Waals surface area contributed by atoms with Crippen LogP contribution in [0.15, 0.2) is 43.2 Å². The van der Waals surface area contributed by atoms with Crippen LogP contribution in [-0.4, -0.2) is 46.8 Å². The normalized spacial score (nSPS) is 15.9. The lowest BCUT2D eigenvalue weighted by atomic mass is 10.0. The molecule has 0 unspecified atom stereocenters. The van der Waals surface area contributed by atoms with E-state index in [9.17, 15) is 9.59 Å². The molecular weight excluding hydrogens is 390 g/mol. The van der Waals surface area contributed by atoms with E-state index >= 15 is 0 Å². The molecule has 2 N–H and O–H groups in total. The van der Waals surface area contributed by atoms with E-state index in [0.29, 0.717) is 41.8 Å². The van der Waals surface area contributed by atoms with Crippen molar-refractivity contribution in [1.29, 1.82) is 0 Å². The lowest BCUT2D eigenvalue weighted by Gasteiger charge is -2.18. The highest BCUT2D eigenvalue weighted by molar-refractivity contribution is 6.30. The maximum Gasteiger partial charge on any atom is 0.253 e. The summed E-state index contributed by atoms with van der Waals surface area (Å²) in [5, 5.41) is 6.35. The van der Waals surface area contributed by atoms with Gasteiger partial charge in [0.25, 0.3) is 5.91 Å². The first-order valence-corrected chi connectivity index (χ1v) is 9.84. The molecule has 1 saturated heterocycles. The van der Waals surface area contributed by atoms with Crippen molar-refractivity contribution in [2.75, 3.05) is 25.5 Å². The van der Waals surface area contributed by atoms with Crippen LogP contribution in [0.4, 0.5) is 5.69 Å². The summed E-state index contributed by atoms with van der Waals surface area (Å²) in [7, 11) is 1.82. The van der Waals surface area contributed by atoms with Crippen LogP contribution in [-0.2, 0) is 17.8 Å². The molecule has 152 valence electrons. The molecule has 1 aliphatic heterocycles. The third-order valence-electron chi connectivity index (χ3n) is 4.88. The molecule has 29 heavy (non-hydrogen) atoms. The highest BCUT2D eigenvalue weighted by Gasteiger charge is 2.28. The van der Waals surface area contributed by atoms with E-state index in [1.54, 1.807) is 24.5 Å². The molecule has 1 fully saturated rings. The van der Waals surface area contributed by atoms with Crippen LogP contribution in [0.3, 0.4) is 0 Å². The zero-order valence-electron chi connectivity index (χ0n) is 16.3. The second-order valence-corrected chi connectivity index (χ2v) is 7.46. The van der Waals surface area contributed by atoms with Crippen molar-refractivity contribution in [3.05, 3.63) is 65.2 Å². The molecule has 2 heterocycles. The number of aromatic nitrogens is 2. The largest absolute Gasteiger partial charge is 0.338 e. The number of halogens is 1. The van der Waals surface area contributed by atoms with E-state index in [1.165, 1.54) is 6.08 Å². The van der Waals surface area contributed by atoms with Crippen molar-refractivity contribution in [2.45, 2.75) is 19.4 Å². The van der Waals surface area contributed by atoms with Crippen molar-refractivity contribution in [1.82, 2.24) is 20.2 Å². The van der Waals surface area contributed by atoms with Gasteiger partial charge in [-0.15, -0.1) is 0 Å². The van der Waals surface area contributed by atoms with Crippen LogP contribution in [0.1, 0.15) is 28.2 Å². The first kappa shape index (κ1) is 21.0. The molecule has 0 saturated carbocycles. The minimum Gasteiger partial charge on any atom is -0.338 e. The molecule has 2 aromatic rings. The summed E-state index contributed by atoms with van der Waals surface area (Å²) >= 11 is 5.83.